The molecule has 3 N–H and O–H groups in total. The number of nitrogens with zero attached hydrogens (tertiary/aromatic N) is 2. The maximum Gasteiger partial charge on any atom is 0.407 e. The van der Waals surface area contributed by atoms with Crippen molar-refractivity contribution in [3.05, 3.63) is 90.5 Å². The SMILES string of the molecule is C=C(CCCNC(=O)OC(C)(C)C)C(=C)C(=O)Nc1ccc(-c2cc(NC(=O)c3ccccc3)n(C)n2)cc1. The maximum absolute atomic E-state index is 12.7. The first-order chi connectivity index (χ1) is 18.4. The number of alkyl carbamates (subject to hydrolysis) is 1. The van der Waals surface area contributed by atoms with E-state index in [1.807, 2.05) is 30.3 Å². The lowest BCUT2D eigenvalue weighted by atomic mass is 10.0. The molecule has 3 aromatic rings. The van der Waals surface area contributed by atoms with Gasteiger partial charge in [-0.05, 0) is 63.5 Å². The molecular formula is C30H35N5O4. The van der Waals surface area contributed by atoms with E-state index in [0.29, 0.717) is 47.7 Å². The van der Waals surface area contributed by atoms with Crippen LogP contribution in [0.5, 0.6) is 0 Å². The van der Waals surface area contributed by atoms with Gasteiger partial charge in [-0.2, -0.15) is 5.10 Å². The van der Waals surface area contributed by atoms with Crippen LogP contribution < -0.4 is 16.0 Å². The average molecular weight is 530 g/mol. The van der Waals surface area contributed by atoms with Gasteiger partial charge in [0.2, 0.25) is 0 Å². The lowest BCUT2D eigenvalue weighted by Crippen LogP contribution is -2.33. The Balaban J connectivity index is 1.50. The van der Waals surface area contributed by atoms with Crippen LogP contribution in [0.4, 0.5) is 16.3 Å². The van der Waals surface area contributed by atoms with Crippen LogP contribution in [0.2, 0.25) is 0 Å². The fourth-order valence-electron chi connectivity index (χ4n) is 3.55. The number of amides is 3. The predicted octanol–water partition coefficient (Wildman–Crippen LogP) is 5.70. The van der Waals surface area contributed by atoms with E-state index < -0.39 is 11.7 Å². The third kappa shape index (κ3) is 8.70. The van der Waals surface area contributed by atoms with Crippen molar-refractivity contribution in [1.29, 1.82) is 0 Å². The van der Waals surface area contributed by atoms with Crippen LogP contribution in [-0.4, -0.2) is 39.8 Å². The molecule has 9 nitrogen and oxygen atoms in total. The third-order valence-corrected chi connectivity index (χ3v) is 5.62. The first-order valence-electron chi connectivity index (χ1n) is 12.6. The second kappa shape index (κ2) is 12.7. The zero-order valence-electron chi connectivity index (χ0n) is 22.8. The van der Waals surface area contributed by atoms with E-state index in [2.05, 4.69) is 34.2 Å². The van der Waals surface area contributed by atoms with Crippen molar-refractivity contribution >= 4 is 29.4 Å². The molecule has 3 amide bonds. The van der Waals surface area contributed by atoms with Gasteiger partial charge in [0.05, 0.1) is 5.69 Å². The molecule has 0 fully saturated rings. The molecule has 204 valence electrons. The zero-order chi connectivity index (χ0) is 28.6. The lowest BCUT2D eigenvalue weighted by molar-refractivity contribution is -0.112. The maximum atomic E-state index is 12.7. The van der Waals surface area contributed by atoms with Gasteiger partial charge in [0.15, 0.2) is 0 Å². The molecule has 2 aromatic carbocycles. The highest BCUT2D eigenvalue weighted by molar-refractivity contribution is 6.06. The number of aromatic nitrogens is 2. The van der Waals surface area contributed by atoms with Crippen molar-refractivity contribution in [2.24, 2.45) is 7.05 Å². The summed E-state index contributed by atoms with van der Waals surface area (Å²) in [4.78, 5) is 36.9. The highest BCUT2D eigenvalue weighted by Gasteiger charge is 2.16. The van der Waals surface area contributed by atoms with Crippen LogP contribution in [0.3, 0.4) is 0 Å². The molecule has 0 saturated heterocycles. The minimum Gasteiger partial charge on any atom is -0.444 e. The minimum atomic E-state index is -0.557. The Morgan fingerprint density at radius 3 is 2.28 bits per heavy atom. The first-order valence-corrected chi connectivity index (χ1v) is 12.6. The molecule has 0 aliphatic carbocycles. The molecule has 0 bridgehead atoms. The molecule has 0 unspecified atom stereocenters. The second-order valence-corrected chi connectivity index (χ2v) is 10.0. The van der Waals surface area contributed by atoms with Crippen LogP contribution in [-0.2, 0) is 16.6 Å². The van der Waals surface area contributed by atoms with Crippen molar-refractivity contribution in [3.8, 4) is 11.3 Å². The van der Waals surface area contributed by atoms with E-state index in [9.17, 15) is 14.4 Å². The topological polar surface area (TPSA) is 114 Å². The molecule has 0 atom stereocenters. The summed E-state index contributed by atoms with van der Waals surface area (Å²) in [7, 11) is 1.75. The molecular weight excluding hydrogens is 494 g/mol. The van der Waals surface area contributed by atoms with E-state index >= 15 is 0 Å². The van der Waals surface area contributed by atoms with Crippen LogP contribution >= 0.6 is 0 Å². The van der Waals surface area contributed by atoms with Crippen molar-refractivity contribution in [2.45, 2.75) is 39.2 Å². The summed E-state index contributed by atoms with van der Waals surface area (Å²) in [5.41, 5.74) is 2.97. The number of benzene rings is 2. The Kier molecular flexibility index (Phi) is 9.43. The zero-order valence-corrected chi connectivity index (χ0v) is 22.8. The van der Waals surface area contributed by atoms with Crippen LogP contribution in [0.1, 0.15) is 44.0 Å². The fraction of sp³-hybridized carbons (Fsp3) is 0.267. The quantitative estimate of drug-likeness (QED) is 0.177. The summed E-state index contributed by atoms with van der Waals surface area (Å²) in [5, 5.41) is 12.9. The molecule has 1 heterocycles. The van der Waals surface area contributed by atoms with Gasteiger partial charge >= 0.3 is 6.09 Å². The van der Waals surface area contributed by atoms with Crippen LogP contribution in [0, 0.1) is 0 Å². The number of hydrogen-bond donors (Lipinski definition) is 3. The lowest BCUT2D eigenvalue weighted by Gasteiger charge is -2.19. The summed E-state index contributed by atoms with van der Waals surface area (Å²) in [6, 6.07) is 18.0. The fourth-order valence-corrected chi connectivity index (χ4v) is 3.55. The highest BCUT2D eigenvalue weighted by Crippen LogP contribution is 2.24. The van der Waals surface area contributed by atoms with Gasteiger partial charge in [-0.25, -0.2) is 4.79 Å². The van der Waals surface area contributed by atoms with Crippen molar-refractivity contribution in [1.82, 2.24) is 15.1 Å². The van der Waals surface area contributed by atoms with Gasteiger partial charge in [-0.3, -0.25) is 14.3 Å². The Morgan fingerprint density at radius 1 is 0.974 bits per heavy atom. The Hall–Kier alpha value is -4.66. The number of hydrogen-bond acceptors (Lipinski definition) is 5. The largest absolute Gasteiger partial charge is 0.444 e. The van der Waals surface area contributed by atoms with E-state index in [1.165, 1.54) is 0 Å². The Labute approximate surface area is 228 Å². The van der Waals surface area contributed by atoms with Gasteiger partial charge in [0, 0.05) is 42.0 Å². The molecule has 3 rings (SSSR count). The van der Waals surface area contributed by atoms with Gasteiger partial charge < -0.3 is 20.7 Å². The first kappa shape index (κ1) is 28.9. The number of aryl methyl sites for hydroxylation is 1. The monoisotopic (exact) mass is 529 g/mol. The van der Waals surface area contributed by atoms with E-state index in [0.717, 1.165) is 5.56 Å². The number of rotatable bonds is 10. The summed E-state index contributed by atoms with van der Waals surface area (Å²) in [5.74, 6) is -0.00623. The number of anilines is 2. The number of nitrogens with one attached hydrogen (secondary N) is 3. The van der Waals surface area contributed by atoms with Gasteiger partial charge in [-0.1, -0.05) is 43.5 Å². The van der Waals surface area contributed by atoms with Crippen molar-refractivity contribution in [2.75, 3.05) is 17.2 Å². The Bertz CT molecular complexity index is 1350. The smallest absolute Gasteiger partial charge is 0.407 e. The second-order valence-electron chi connectivity index (χ2n) is 10.0. The molecule has 0 aliphatic heterocycles. The number of carbonyl (C=O) groups excluding carboxylic acids is 3. The molecule has 9 heteroatoms. The minimum absolute atomic E-state index is 0.218. The molecule has 0 radical (unpaired) electrons. The van der Waals surface area contributed by atoms with E-state index in [4.69, 9.17) is 4.74 Å². The molecule has 1 aromatic heterocycles. The van der Waals surface area contributed by atoms with Gasteiger partial charge in [-0.15, -0.1) is 0 Å². The highest BCUT2D eigenvalue weighted by atomic mass is 16.6. The standard InChI is InChI=1S/C30H35N5O4/c1-20(11-10-18-31-29(38)39-30(3,4)5)21(2)27(36)32-24-16-14-22(15-17-24)25-19-26(35(6)34-25)33-28(37)23-12-8-7-9-13-23/h7-9,12-17,19H,1-2,10-11,18H2,3-6H3,(H,31,38)(H,32,36)(H,33,37). The molecule has 39 heavy (non-hydrogen) atoms. The Morgan fingerprint density at radius 2 is 1.64 bits per heavy atom. The summed E-state index contributed by atoms with van der Waals surface area (Å²) in [6.45, 7) is 13.6. The third-order valence-electron chi connectivity index (χ3n) is 5.62. The van der Waals surface area contributed by atoms with Gasteiger partial charge in [0.25, 0.3) is 11.8 Å². The van der Waals surface area contributed by atoms with Crippen molar-refractivity contribution < 1.29 is 19.1 Å². The number of ether oxygens (including phenoxy) is 1. The van der Waals surface area contributed by atoms with E-state index in [1.54, 1.807) is 62.8 Å². The van der Waals surface area contributed by atoms with Gasteiger partial charge in [0.1, 0.15) is 11.4 Å². The van der Waals surface area contributed by atoms with Crippen LogP contribution in [0.25, 0.3) is 11.3 Å². The normalized spacial score (nSPS) is 10.9. The van der Waals surface area contributed by atoms with Crippen molar-refractivity contribution in [3.63, 3.8) is 0 Å². The number of carbonyl (C=O) groups is 3. The summed E-state index contributed by atoms with van der Waals surface area (Å²) < 4.78 is 6.80. The summed E-state index contributed by atoms with van der Waals surface area (Å²) >= 11 is 0. The average Bonchev–Trinajstić information content (AvgIpc) is 3.25. The van der Waals surface area contributed by atoms with Crippen LogP contribution in [0.15, 0.2) is 85.0 Å². The van der Waals surface area contributed by atoms with E-state index in [-0.39, 0.29) is 17.4 Å². The summed E-state index contributed by atoms with van der Waals surface area (Å²) in [6.07, 6.45) is 0.618. The predicted molar refractivity (Wildman–Crippen MR) is 153 cm³/mol. The molecule has 0 aliphatic rings. The molecule has 0 spiro atoms. The molecule has 0 saturated carbocycles.